The number of ether oxygens (including phenoxy) is 1. The summed E-state index contributed by atoms with van der Waals surface area (Å²) in [6.45, 7) is 1.75. The summed E-state index contributed by atoms with van der Waals surface area (Å²) in [6.07, 6.45) is -4.42. The Morgan fingerprint density at radius 2 is 1.75 bits per heavy atom. The minimum absolute atomic E-state index is 0.211. The van der Waals surface area contributed by atoms with Crippen LogP contribution in [-0.4, -0.2) is 17.9 Å². The van der Waals surface area contributed by atoms with Gasteiger partial charge in [0.2, 0.25) is 0 Å². The van der Waals surface area contributed by atoms with Gasteiger partial charge in [0, 0.05) is 22.7 Å². The van der Waals surface area contributed by atoms with Crippen LogP contribution >= 0.6 is 0 Å². The Morgan fingerprint density at radius 3 is 2.33 bits per heavy atom. The van der Waals surface area contributed by atoms with Crippen LogP contribution in [0.5, 0.6) is 5.75 Å². The third kappa shape index (κ3) is 2.75. The molecule has 0 aliphatic heterocycles. The normalized spacial score (nSPS) is 11.7. The van der Waals surface area contributed by atoms with E-state index in [1.165, 1.54) is 12.1 Å². The maximum atomic E-state index is 12.7. The van der Waals surface area contributed by atoms with Gasteiger partial charge in [-0.3, -0.25) is 4.79 Å². The summed E-state index contributed by atoms with van der Waals surface area (Å²) in [5, 5.41) is 0.707. The van der Waals surface area contributed by atoms with E-state index in [-0.39, 0.29) is 11.3 Å². The van der Waals surface area contributed by atoms with Crippen molar-refractivity contribution in [3.63, 3.8) is 0 Å². The first kappa shape index (κ1) is 16.1. The van der Waals surface area contributed by atoms with Crippen molar-refractivity contribution in [3.05, 3.63) is 64.8 Å². The van der Waals surface area contributed by atoms with E-state index in [1.807, 2.05) is 0 Å². The number of rotatable bonds is 3. The molecule has 0 saturated carbocycles. The Hall–Kier alpha value is -2.76. The number of nitrogens with one attached hydrogen (secondary N) is 1. The molecule has 6 heteroatoms. The van der Waals surface area contributed by atoms with Crippen LogP contribution in [0.1, 0.15) is 27.2 Å². The third-order valence-corrected chi connectivity index (χ3v) is 3.89. The van der Waals surface area contributed by atoms with Gasteiger partial charge in [-0.1, -0.05) is 12.1 Å². The highest BCUT2D eigenvalue weighted by atomic mass is 19.4. The van der Waals surface area contributed by atoms with Crippen molar-refractivity contribution in [2.45, 2.75) is 13.1 Å². The van der Waals surface area contributed by atoms with E-state index in [0.717, 1.165) is 17.6 Å². The van der Waals surface area contributed by atoms with Gasteiger partial charge in [0.05, 0.1) is 23.8 Å². The Morgan fingerprint density at radius 1 is 1.08 bits per heavy atom. The van der Waals surface area contributed by atoms with Gasteiger partial charge in [0.1, 0.15) is 5.75 Å². The highest BCUT2D eigenvalue weighted by Gasteiger charge is 2.30. The molecule has 124 valence electrons. The van der Waals surface area contributed by atoms with E-state index in [1.54, 1.807) is 32.2 Å². The second-order valence-electron chi connectivity index (χ2n) is 5.44. The summed E-state index contributed by atoms with van der Waals surface area (Å²) in [7, 11) is 1.55. The molecule has 1 N–H and O–H groups in total. The minimum Gasteiger partial charge on any atom is -0.497 e. The molecule has 1 heterocycles. The van der Waals surface area contributed by atoms with E-state index >= 15 is 0 Å². The first-order chi connectivity index (χ1) is 11.3. The molecule has 0 amide bonds. The summed E-state index contributed by atoms with van der Waals surface area (Å²) in [4.78, 5) is 15.8. The van der Waals surface area contributed by atoms with Crippen molar-refractivity contribution < 1.29 is 22.7 Å². The van der Waals surface area contributed by atoms with E-state index in [4.69, 9.17) is 4.74 Å². The molecule has 3 nitrogen and oxygen atoms in total. The van der Waals surface area contributed by atoms with Crippen LogP contribution in [-0.2, 0) is 6.18 Å². The van der Waals surface area contributed by atoms with Crippen LogP contribution in [0, 0.1) is 6.92 Å². The van der Waals surface area contributed by atoms with E-state index in [9.17, 15) is 18.0 Å². The van der Waals surface area contributed by atoms with Gasteiger partial charge in [-0.25, -0.2) is 0 Å². The highest BCUT2D eigenvalue weighted by molar-refractivity contribution is 6.17. The van der Waals surface area contributed by atoms with Gasteiger partial charge in [0.25, 0.3) is 0 Å². The summed E-state index contributed by atoms with van der Waals surface area (Å²) in [6, 6.07) is 9.50. The van der Waals surface area contributed by atoms with Gasteiger partial charge in [-0.05, 0) is 31.2 Å². The lowest BCUT2D eigenvalue weighted by atomic mass is 9.99. The Labute approximate surface area is 136 Å². The van der Waals surface area contributed by atoms with E-state index in [2.05, 4.69) is 4.98 Å². The molecular formula is C18H14F3NO2. The lowest BCUT2D eigenvalue weighted by Crippen LogP contribution is -2.07. The van der Waals surface area contributed by atoms with Gasteiger partial charge < -0.3 is 9.72 Å². The van der Waals surface area contributed by atoms with Crippen LogP contribution < -0.4 is 4.74 Å². The third-order valence-electron chi connectivity index (χ3n) is 3.89. The van der Waals surface area contributed by atoms with Crippen LogP contribution in [0.15, 0.2) is 42.5 Å². The van der Waals surface area contributed by atoms with Crippen molar-refractivity contribution in [2.75, 3.05) is 7.11 Å². The molecule has 0 spiro atoms. The minimum atomic E-state index is -4.42. The predicted octanol–water partition coefficient (Wildman–Crippen LogP) is 4.73. The number of hydrogen-bond donors (Lipinski definition) is 1. The summed E-state index contributed by atoms with van der Waals surface area (Å²) < 4.78 is 43.1. The lowest BCUT2D eigenvalue weighted by Gasteiger charge is -2.07. The molecule has 2 aromatic carbocycles. The fraction of sp³-hybridized carbons (Fsp3) is 0.167. The molecule has 0 saturated heterocycles. The van der Waals surface area contributed by atoms with Crippen molar-refractivity contribution >= 4 is 16.7 Å². The average Bonchev–Trinajstić information content (AvgIpc) is 2.88. The maximum Gasteiger partial charge on any atom is 0.416 e. The molecule has 0 aliphatic carbocycles. The van der Waals surface area contributed by atoms with Crippen LogP contribution in [0.3, 0.4) is 0 Å². The molecule has 3 aromatic rings. The Kier molecular flexibility index (Phi) is 3.83. The average molecular weight is 333 g/mol. The molecule has 0 atom stereocenters. The number of methoxy groups -OCH3 is 1. The Bertz CT molecular complexity index is 908. The largest absolute Gasteiger partial charge is 0.497 e. The zero-order valence-electron chi connectivity index (χ0n) is 13.0. The fourth-order valence-electron chi connectivity index (χ4n) is 2.69. The van der Waals surface area contributed by atoms with Crippen molar-refractivity contribution in [2.24, 2.45) is 0 Å². The van der Waals surface area contributed by atoms with E-state index in [0.29, 0.717) is 22.4 Å². The second-order valence-corrected chi connectivity index (χ2v) is 5.44. The molecule has 24 heavy (non-hydrogen) atoms. The molecule has 0 unspecified atom stereocenters. The molecule has 3 rings (SSSR count). The summed E-state index contributed by atoms with van der Waals surface area (Å²) >= 11 is 0. The second kappa shape index (κ2) is 5.70. The molecular weight excluding hydrogens is 319 g/mol. The smallest absolute Gasteiger partial charge is 0.416 e. The number of aryl methyl sites for hydroxylation is 1. The number of ketones is 1. The quantitative estimate of drug-likeness (QED) is 0.704. The fourth-order valence-corrected chi connectivity index (χ4v) is 2.69. The van der Waals surface area contributed by atoms with E-state index < -0.39 is 11.7 Å². The zero-order valence-corrected chi connectivity index (χ0v) is 13.0. The number of halogens is 3. The zero-order chi connectivity index (χ0) is 17.5. The first-order valence-corrected chi connectivity index (χ1v) is 7.19. The summed E-state index contributed by atoms with van der Waals surface area (Å²) in [5.41, 5.74) is 1.28. The van der Waals surface area contributed by atoms with Crippen LogP contribution in [0.25, 0.3) is 10.9 Å². The van der Waals surface area contributed by atoms with Crippen molar-refractivity contribution in [1.29, 1.82) is 0 Å². The van der Waals surface area contributed by atoms with Crippen molar-refractivity contribution in [3.8, 4) is 5.75 Å². The monoisotopic (exact) mass is 333 g/mol. The topological polar surface area (TPSA) is 42.1 Å². The number of carbonyl (C=O) groups is 1. The SMILES string of the molecule is COc1ccc2c(C(=O)c3ccc(C(F)(F)F)cc3)c(C)[nH]c2c1. The summed E-state index contributed by atoms with van der Waals surface area (Å²) in [5.74, 6) is 0.329. The predicted molar refractivity (Wildman–Crippen MR) is 84.5 cm³/mol. The number of aromatic amines is 1. The van der Waals surface area contributed by atoms with Gasteiger partial charge >= 0.3 is 6.18 Å². The van der Waals surface area contributed by atoms with Crippen LogP contribution in [0.2, 0.25) is 0 Å². The number of benzene rings is 2. The highest BCUT2D eigenvalue weighted by Crippen LogP contribution is 2.31. The first-order valence-electron chi connectivity index (χ1n) is 7.19. The van der Waals surface area contributed by atoms with Crippen LogP contribution in [0.4, 0.5) is 13.2 Å². The van der Waals surface area contributed by atoms with Crippen molar-refractivity contribution in [1.82, 2.24) is 4.98 Å². The Balaban J connectivity index is 2.04. The van der Waals surface area contributed by atoms with Gasteiger partial charge in [-0.2, -0.15) is 13.2 Å². The molecule has 0 aliphatic rings. The number of carbonyl (C=O) groups excluding carboxylic acids is 1. The number of aromatic nitrogens is 1. The number of alkyl halides is 3. The molecule has 0 fully saturated rings. The lowest BCUT2D eigenvalue weighted by molar-refractivity contribution is -0.137. The molecule has 0 radical (unpaired) electrons. The number of fused-ring (bicyclic) bond motifs is 1. The number of hydrogen-bond acceptors (Lipinski definition) is 2. The number of H-pyrrole nitrogens is 1. The van der Waals surface area contributed by atoms with Gasteiger partial charge in [-0.15, -0.1) is 0 Å². The molecule has 0 bridgehead atoms. The molecule has 1 aromatic heterocycles. The van der Waals surface area contributed by atoms with Gasteiger partial charge in [0.15, 0.2) is 5.78 Å². The standard InChI is InChI=1S/C18H14F3NO2/c1-10-16(14-8-7-13(24-2)9-15(14)22-10)17(23)11-3-5-12(6-4-11)18(19,20)21/h3-9,22H,1-2H3. The maximum absolute atomic E-state index is 12.7.